The summed E-state index contributed by atoms with van der Waals surface area (Å²) in [7, 11) is -2.54. The minimum absolute atomic E-state index is 0.0236. The van der Waals surface area contributed by atoms with Crippen molar-refractivity contribution in [3.8, 4) is 22.9 Å². The summed E-state index contributed by atoms with van der Waals surface area (Å²) < 4.78 is 89.5. The minimum Gasteiger partial charge on any atom is -0.487 e. The molecule has 0 aliphatic carbocycles. The van der Waals surface area contributed by atoms with Crippen LogP contribution in [0.1, 0.15) is 44.6 Å². The average molecular weight is 621 g/mol. The topological polar surface area (TPSA) is 140 Å². The Labute approximate surface area is 239 Å². The van der Waals surface area contributed by atoms with Gasteiger partial charge in [-0.1, -0.05) is 11.6 Å². The molecule has 4 heterocycles. The fourth-order valence-electron chi connectivity index (χ4n) is 4.20. The lowest BCUT2D eigenvalue weighted by Crippen LogP contribution is -2.32. The lowest BCUT2D eigenvalue weighted by molar-refractivity contribution is -0.153. The van der Waals surface area contributed by atoms with Crippen LogP contribution < -0.4 is 9.47 Å². The molecule has 3 atom stereocenters. The van der Waals surface area contributed by atoms with Gasteiger partial charge in [-0.25, -0.2) is 18.4 Å². The second-order valence-electron chi connectivity index (χ2n) is 9.53. The van der Waals surface area contributed by atoms with Crippen molar-refractivity contribution in [1.82, 2.24) is 29.7 Å². The molecule has 17 heteroatoms. The van der Waals surface area contributed by atoms with Gasteiger partial charge in [0, 0.05) is 25.7 Å². The van der Waals surface area contributed by atoms with Crippen LogP contribution in [0.3, 0.4) is 0 Å². The molecule has 0 saturated heterocycles. The number of nitrogens with zero attached hydrogens (tertiary/aromatic N) is 6. The summed E-state index contributed by atoms with van der Waals surface area (Å²) in [6.45, 7) is 3.41. The largest absolute Gasteiger partial charge is 0.487 e. The first-order chi connectivity index (χ1) is 19.3. The van der Waals surface area contributed by atoms with Crippen LogP contribution in [0, 0.1) is 0 Å². The van der Waals surface area contributed by atoms with Crippen LogP contribution in [0.15, 0.2) is 24.8 Å². The Morgan fingerprint density at radius 3 is 2.49 bits per heavy atom. The van der Waals surface area contributed by atoms with Crippen molar-refractivity contribution in [2.24, 2.45) is 0 Å². The number of fused-ring (bicyclic) bond motifs is 3. The zero-order chi connectivity index (χ0) is 29.9. The van der Waals surface area contributed by atoms with Gasteiger partial charge in [-0.05, 0) is 20.8 Å². The molecule has 1 aliphatic heterocycles. The van der Waals surface area contributed by atoms with Crippen LogP contribution in [-0.2, 0) is 25.1 Å². The first-order valence-electron chi connectivity index (χ1n) is 12.4. The van der Waals surface area contributed by atoms with Gasteiger partial charge in [-0.2, -0.15) is 13.2 Å². The summed E-state index contributed by atoms with van der Waals surface area (Å²) >= 11 is 5.90. The molecule has 0 amide bonds. The second kappa shape index (κ2) is 12.4. The minimum atomic E-state index is -4.58. The Kier molecular flexibility index (Phi) is 9.35. The molecule has 0 N–H and O–H groups in total. The van der Waals surface area contributed by atoms with E-state index in [0.717, 1.165) is 6.20 Å². The van der Waals surface area contributed by atoms with Crippen LogP contribution in [0.25, 0.3) is 11.4 Å². The van der Waals surface area contributed by atoms with E-state index in [2.05, 4.69) is 25.1 Å². The molecule has 0 spiro atoms. The van der Waals surface area contributed by atoms with Crippen molar-refractivity contribution >= 4 is 21.4 Å². The van der Waals surface area contributed by atoms with Crippen molar-refractivity contribution < 1.29 is 40.5 Å². The van der Waals surface area contributed by atoms with Gasteiger partial charge in [0.05, 0.1) is 40.8 Å². The van der Waals surface area contributed by atoms with Crippen LogP contribution >= 0.6 is 11.6 Å². The van der Waals surface area contributed by atoms with E-state index in [9.17, 15) is 21.6 Å². The van der Waals surface area contributed by atoms with Crippen molar-refractivity contribution in [3.05, 3.63) is 41.5 Å². The van der Waals surface area contributed by atoms with E-state index in [4.69, 9.17) is 30.5 Å². The van der Waals surface area contributed by atoms with Crippen molar-refractivity contribution in [2.75, 3.05) is 26.9 Å². The summed E-state index contributed by atoms with van der Waals surface area (Å²) in [5, 5.41) is 7.48. The van der Waals surface area contributed by atoms with Gasteiger partial charge in [0.1, 0.15) is 24.3 Å². The van der Waals surface area contributed by atoms with Gasteiger partial charge in [-0.15, -0.1) is 10.2 Å². The first-order valence-corrected chi connectivity index (χ1v) is 14.5. The number of ether oxygens (including phenoxy) is 4. The molecule has 3 aromatic rings. The van der Waals surface area contributed by atoms with E-state index < -0.39 is 45.8 Å². The molecule has 4 rings (SSSR count). The summed E-state index contributed by atoms with van der Waals surface area (Å²) in [6.07, 6.45) is -0.808. The predicted molar refractivity (Wildman–Crippen MR) is 139 cm³/mol. The highest BCUT2D eigenvalue weighted by atomic mass is 35.5. The van der Waals surface area contributed by atoms with Crippen molar-refractivity contribution in [2.45, 2.75) is 56.2 Å². The Morgan fingerprint density at radius 2 is 1.85 bits per heavy atom. The molecule has 0 radical (unpaired) electrons. The number of rotatable bonds is 11. The third kappa shape index (κ3) is 7.23. The molecule has 0 unspecified atom stereocenters. The SMILES string of the molecule is COC[C@@H]1COc2c(OCC(F)(F)F)cncc2-c2nnc(CS(=O)(=O)[C@@H](C)[C@@H](OC(C)C)c3ncc(Cl)cn3)n21. The fourth-order valence-corrected chi connectivity index (χ4v) is 5.68. The van der Waals surface area contributed by atoms with E-state index in [1.807, 2.05) is 0 Å². The molecule has 12 nitrogen and oxygen atoms in total. The summed E-state index contributed by atoms with van der Waals surface area (Å²) in [4.78, 5) is 12.3. The molecule has 1 aliphatic rings. The second-order valence-corrected chi connectivity index (χ2v) is 12.3. The van der Waals surface area contributed by atoms with Crippen molar-refractivity contribution in [3.63, 3.8) is 0 Å². The zero-order valence-electron chi connectivity index (χ0n) is 22.5. The number of methoxy groups -OCH3 is 1. The Bertz CT molecular complexity index is 1460. The van der Waals surface area contributed by atoms with E-state index in [0.29, 0.717) is 0 Å². The zero-order valence-corrected chi connectivity index (χ0v) is 24.1. The number of hydrogen-bond donors (Lipinski definition) is 0. The quantitative estimate of drug-likeness (QED) is 0.309. The Hall–Kier alpha value is -3.08. The maximum absolute atomic E-state index is 13.7. The van der Waals surface area contributed by atoms with E-state index in [1.54, 1.807) is 13.8 Å². The van der Waals surface area contributed by atoms with E-state index in [1.165, 1.54) is 37.2 Å². The molecule has 3 aromatic heterocycles. The maximum Gasteiger partial charge on any atom is 0.422 e. The molecule has 0 saturated carbocycles. The summed E-state index contributed by atoms with van der Waals surface area (Å²) in [6, 6.07) is -0.629. The first kappa shape index (κ1) is 30.9. The van der Waals surface area contributed by atoms with Gasteiger partial charge in [0.25, 0.3) is 0 Å². The maximum atomic E-state index is 13.7. The van der Waals surface area contributed by atoms with Gasteiger partial charge < -0.3 is 23.5 Å². The normalized spacial score (nSPS) is 16.9. The van der Waals surface area contributed by atoms with E-state index in [-0.39, 0.29) is 58.9 Å². The average Bonchev–Trinajstić information content (AvgIpc) is 3.23. The molecular weight excluding hydrogens is 593 g/mol. The van der Waals surface area contributed by atoms with Crippen molar-refractivity contribution in [1.29, 1.82) is 0 Å². The fraction of sp³-hybridized carbons (Fsp3) is 0.542. The molecule has 0 bridgehead atoms. The summed E-state index contributed by atoms with van der Waals surface area (Å²) in [5.41, 5.74) is 0.183. The standard InChI is InChI=1S/C24H28ClF3N6O6S/c1-13(2)40-20(22-30-5-15(25)6-31-22)14(3)41(35,36)11-19-32-33-23-17-7-29-8-18(39-12-24(26,27)28)21(17)38-10-16(9-37-4)34(19)23/h5-8,13-14,16,20H,9-12H2,1-4H3/t14-,16+,20+/m0/s1. The number of alkyl halides is 3. The van der Waals surface area contributed by atoms with Gasteiger partial charge in [-0.3, -0.25) is 4.98 Å². The lowest BCUT2D eigenvalue weighted by Gasteiger charge is -2.25. The van der Waals surface area contributed by atoms with Crippen LogP contribution in [0.5, 0.6) is 11.5 Å². The van der Waals surface area contributed by atoms with Crippen LogP contribution in [-0.4, -0.2) is 82.6 Å². The third-order valence-corrected chi connectivity index (χ3v) is 8.28. The molecular formula is C24H28ClF3N6O6S. The van der Waals surface area contributed by atoms with Gasteiger partial charge >= 0.3 is 6.18 Å². The number of halogens is 4. The highest BCUT2D eigenvalue weighted by Gasteiger charge is 2.38. The number of hydrogen-bond acceptors (Lipinski definition) is 11. The Morgan fingerprint density at radius 1 is 1.15 bits per heavy atom. The lowest BCUT2D eigenvalue weighted by atomic mass is 10.2. The Balaban J connectivity index is 1.71. The van der Waals surface area contributed by atoms with Crippen LogP contribution in [0.4, 0.5) is 13.2 Å². The van der Waals surface area contributed by atoms with E-state index >= 15 is 0 Å². The number of aromatic nitrogens is 6. The predicted octanol–water partition coefficient (Wildman–Crippen LogP) is 3.77. The van der Waals surface area contributed by atoms with Gasteiger partial charge in [0.2, 0.25) is 0 Å². The highest BCUT2D eigenvalue weighted by Crippen LogP contribution is 2.41. The molecule has 41 heavy (non-hydrogen) atoms. The number of pyridine rings is 1. The smallest absolute Gasteiger partial charge is 0.422 e. The summed E-state index contributed by atoms with van der Waals surface area (Å²) in [5.74, 6) is -0.474. The van der Waals surface area contributed by atoms with Crippen LogP contribution in [0.2, 0.25) is 5.02 Å². The highest BCUT2D eigenvalue weighted by molar-refractivity contribution is 7.91. The number of sulfone groups is 1. The third-order valence-electron chi connectivity index (χ3n) is 6.04. The molecule has 0 fully saturated rings. The monoisotopic (exact) mass is 620 g/mol. The van der Waals surface area contributed by atoms with Gasteiger partial charge in [0.15, 0.2) is 39.6 Å². The molecule has 0 aromatic carbocycles. The molecule has 224 valence electrons.